The van der Waals surface area contributed by atoms with E-state index in [4.69, 9.17) is 9.47 Å². The molecule has 0 amide bonds. The molecule has 4 rings (SSSR count). The van der Waals surface area contributed by atoms with E-state index in [-0.39, 0.29) is 0 Å². The molecule has 2 N–H and O–H groups in total. The maximum atomic E-state index is 12.5. The molecule has 0 aromatic heterocycles. The lowest BCUT2D eigenvalue weighted by atomic mass is 9.72. The first-order valence-corrected chi connectivity index (χ1v) is 19.4. The smallest absolute Gasteiger partial charge is 0.207 e. The van der Waals surface area contributed by atoms with Crippen LogP contribution in [0.3, 0.4) is 0 Å². The van der Waals surface area contributed by atoms with Gasteiger partial charge in [-0.25, -0.2) is 8.42 Å². The first-order valence-electron chi connectivity index (χ1n) is 17.2. The Bertz CT molecular complexity index is 1280. The topological polar surface area (TPSA) is 118 Å². The molecule has 2 aromatic carbocycles. The van der Waals surface area contributed by atoms with Crippen LogP contribution in [0.15, 0.2) is 69.5 Å². The van der Waals surface area contributed by atoms with E-state index in [2.05, 4.69) is 8.80 Å². The fraction of sp³-hybridized carbons (Fsp3) is 0.632. The van der Waals surface area contributed by atoms with Crippen LogP contribution in [0.25, 0.3) is 0 Å². The summed E-state index contributed by atoms with van der Waals surface area (Å²) in [5.41, 5.74) is 0.0920. The van der Waals surface area contributed by atoms with Crippen LogP contribution >= 0.6 is 0 Å². The van der Waals surface area contributed by atoms with Crippen LogP contribution in [-0.4, -0.2) is 65.3 Å². The lowest BCUT2D eigenvalue weighted by Gasteiger charge is -2.39. The average Bonchev–Trinajstić information content (AvgIpc) is 3.05. The number of ether oxygens (including phenoxy) is 2. The molecule has 48 heavy (non-hydrogen) atoms. The SMILES string of the molecule is CO/C(=N/[S@](=O)C(C)(C)C)[C@H](c1ccccc1)C1(O)CCCCC1.CO/C(=N/[S@](=O)C(C)(C)C)[C@H](c1ccccc1)C1(O)CCCCC1. The Morgan fingerprint density at radius 2 is 0.896 bits per heavy atom. The first-order chi connectivity index (χ1) is 22.6. The van der Waals surface area contributed by atoms with Crippen molar-refractivity contribution in [3.8, 4) is 0 Å². The van der Waals surface area contributed by atoms with Crippen molar-refractivity contribution in [1.29, 1.82) is 0 Å². The van der Waals surface area contributed by atoms with Gasteiger partial charge in [0.1, 0.15) is 22.0 Å². The third kappa shape index (κ3) is 10.8. The number of rotatable bonds is 8. The molecular weight excluding hydrogens is 645 g/mol. The standard InChI is InChI=1S/2C19H29NO3S/c2*1-18(2,3)24(22)20-17(23-4)16(15-11-7-5-8-12-15)19(21)13-9-6-10-14-19/h2*5,7-8,11-12,16,21H,6,9-10,13-14H2,1-4H3/b2*20-17+/t2*16-,24+/m00/s1. The van der Waals surface area contributed by atoms with Crippen LogP contribution in [0.2, 0.25) is 0 Å². The van der Waals surface area contributed by atoms with Gasteiger partial charge in [0.15, 0.2) is 0 Å². The Morgan fingerprint density at radius 3 is 1.15 bits per heavy atom. The lowest BCUT2D eigenvalue weighted by Crippen LogP contribution is -2.43. The molecule has 2 aliphatic carbocycles. The van der Waals surface area contributed by atoms with Crippen molar-refractivity contribution in [2.24, 2.45) is 8.80 Å². The summed E-state index contributed by atoms with van der Waals surface area (Å²) >= 11 is 0. The highest BCUT2D eigenvalue weighted by molar-refractivity contribution is 7.85. The highest BCUT2D eigenvalue weighted by Crippen LogP contribution is 2.42. The fourth-order valence-electron chi connectivity index (χ4n) is 6.41. The second kappa shape index (κ2) is 17.5. The molecule has 2 fully saturated rings. The van der Waals surface area contributed by atoms with Crippen molar-refractivity contribution in [3.05, 3.63) is 71.8 Å². The second-order valence-corrected chi connectivity index (χ2v) is 18.8. The maximum absolute atomic E-state index is 12.5. The van der Waals surface area contributed by atoms with Crippen LogP contribution in [0.1, 0.15) is 129 Å². The van der Waals surface area contributed by atoms with Crippen molar-refractivity contribution in [3.63, 3.8) is 0 Å². The van der Waals surface area contributed by atoms with E-state index in [1.165, 1.54) is 0 Å². The molecule has 8 nitrogen and oxygen atoms in total. The summed E-state index contributed by atoms with van der Waals surface area (Å²) in [5, 5.41) is 22.7. The van der Waals surface area contributed by atoms with Crippen molar-refractivity contribution in [2.75, 3.05) is 14.2 Å². The van der Waals surface area contributed by atoms with Gasteiger partial charge in [-0.15, -0.1) is 0 Å². The van der Waals surface area contributed by atoms with E-state index in [0.717, 1.165) is 49.7 Å². The Hall–Kier alpha value is -2.40. The van der Waals surface area contributed by atoms with E-state index in [1.807, 2.05) is 102 Å². The molecule has 268 valence electrons. The molecule has 0 bridgehead atoms. The summed E-state index contributed by atoms with van der Waals surface area (Å²) < 4.78 is 43.9. The van der Waals surface area contributed by atoms with Gasteiger partial charge in [-0.1, -0.05) is 99.2 Å². The molecule has 0 unspecified atom stereocenters. The summed E-state index contributed by atoms with van der Waals surface area (Å²) in [6, 6.07) is 19.6. The highest BCUT2D eigenvalue weighted by Gasteiger charge is 2.44. The van der Waals surface area contributed by atoms with Crippen molar-refractivity contribution < 1.29 is 28.1 Å². The molecule has 0 radical (unpaired) electrons. The lowest BCUT2D eigenvalue weighted by molar-refractivity contribution is -0.00907. The Balaban J connectivity index is 0.000000260. The van der Waals surface area contributed by atoms with Gasteiger partial charge in [-0.05, 0) is 78.4 Å². The number of nitrogens with zero attached hydrogens (tertiary/aromatic N) is 2. The van der Waals surface area contributed by atoms with Gasteiger partial charge in [-0.2, -0.15) is 8.80 Å². The van der Waals surface area contributed by atoms with Crippen LogP contribution in [-0.2, 0) is 31.4 Å². The Kier molecular flexibility index (Phi) is 14.6. The molecule has 4 atom stereocenters. The third-order valence-electron chi connectivity index (χ3n) is 9.08. The summed E-state index contributed by atoms with van der Waals surface area (Å²) in [6.45, 7) is 11.3. The summed E-state index contributed by atoms with van der Waals surface area (Å²) in [4.78, 5) is 0. The van der Waals surface area contributed by atoms with Crippen molar-refractivity contribution >= 4 is 33.8 Å². The zero-order valence-corrected chi connectivity index (χ0v) is 31.9. The van der Waals surface area contributed by atoms with E-state index in [1.54, 1.807) is 14.2 Å². The predicted molar refractivity (Wildman–Crippen MR) is 199 cm³/mol. The maximum Gasteiger partial charge on any atom is 0.207 e. The quantitative estimate of drug-likeness (QED) is 0.213. The number of benzene rings is 2. The molecule has 0 spiro atoms. The fourth-order valence-corrected chi connectivity index (χ4v) is 7.65. The minimum atomic E-state index is -1.43. The van der Waals surface area contributed by atoms with Crippen LogP contribution in [0.4, 0.5) is 0 Å². The van der Waals surface area contributed by atoms with E-state index in [0.29, 0.717) is 37.5 Å². The molecular formula is C38H58N2O6S2. The number of hydrogen-bond acceptors (Lipinski definition) is 6. The average molecular weight is 703 g/mol. The zero-order valence-electron chi connectivity index (χ0n) is 30.2. The molecule has 10 heteroatoms. The van der Waals surface area contributed by atoms with Gasteiger partial charge >= 0.3 is 0 Å². The van der Waals surface area contributed by atoms with E-state index >= 15 is 0 Å². The summed E-state index contributed by atoms with van der Waals surface area (Å²) in [5.74, 6) is -0.0664. The third-order valence-corrected chi connectivity index (χ3v) is 11.9. The molecule has 2 saturated carbocycles. The molecule has 0 heterocycles. The summed E-state index contributed by atoms with van der Waals surface area (Å²) in [7, 11) is 0.220. The highest BCUT2D eigenvalue weighted by atomic mass is 32.2. The van der Waals surface area contributed by atoms with Gasteiger partial charge in [0, 0.05) is 0 Å². The van der Waals surface area contributed by atoms with Crippen molar-refractivity contribution in [2.45, 2.75) is 138 Å². The molecule has 0 saturated heterocycles. The van der Waals surface area contributed by atoms with E-state index in [9.17, 15) is 18.6 Å². The minimum absolute atomic E-state index is 0.360. The largest absolute Gasteiger partial charge is 0.483 e. The van der Waals surface area contributed by atoms with Crippen molar-refractivity contribution in [1.82, 2.24) is 0 Å². The first kappa shape index (κ1) is 40.0. The van der Waals surface area contributed by atoms with Crippen LogP contribution in [0, 0.1) is 0 Å². The van der Waals surface area contributed by atoms with E-state index < -0.39 is 54.5 Å². The van der Waals surface area contributed by atoms with Crippen LogP contribution < -0.4 is 0 Å². The van der Waals surface area contributed by atoms with Gasteiger partial charge < -0.3 is 19.7 Å². The van der Waals surface area contributed by atoms with Gasteiger partial charge in [-0.3, -0.25) is 0 Å². The van der Waals surface area contributed by atoms with Gasteiger partial charge in [0.2, 0.25) is 11.8 Å². The number of aliphatic hydroxyl groups is 2. The minimum Gasteiger partial charge on any atom is -0.483 e. The zero-order chi connectivity index (χ0) is 35.6. The molecule has 0 aliphatic heterocycles. The monoisotopic (exact) mass is 702 g/mol. The second-order valence-electron chi connectivity index (χ2n) is 15.0. The molecule has 2 aliphatic rings. The number of methoxy groups -OCH3 is 2. The van der Waals surface area contributed by atoms with Gasteiger partial charge in [0.25, 0.3) is 0 Å². The predicted octanol–water partition coefficient (Wildman–Crippen LogP) is 7.95. The molecule has 2 aromatic rings. The number of hydrogen-bond donors (Lipinski definition) is 2. The summed E-state index contributed by atoms with van der Waals surface area (Å²) in [6.07, 6.45) is 9.04. The van der Waals surface area contributed by atoms with Crippen LogP contribution in [0.5, 0.6) is 0 Å². The van der Waals surface area contributed by atoms with Gasteiger partial charge in [0.05, 0.1) is 46.8 Å². The Labute approximate surface area is 294 Å². The normalized spacial score (nSPS) is 21.1. The Morgan fingerprint density at radius 1 is 0.604 bits per heavy atom.